The first kappa shape index (κ1) is 16.7. The predicted molar refractivity (Wildman–Crippen MR) is 108 cm³/mol. The number of anilines is 2. The van der Waals surface area contributed by atoms with Crippen molar-refractivity contribution in [2.75, 3.05) is 11.9 Å². The minimum atomic E-state index is 0.0126. The van der Waals surface area contributed by atoms with Crippen molar-refractivity contribution < 1.29 is 0 Å². The first-order valence-electron chi connectivity index (χ1n) is 8.49. The molecule has 0 atom stereocenters. The summed E-state index contributed by atoms with van der Waals surface area (Å²) in [5.74, 6) is 0.678. The molecule has 0 unspecified atom stereocenters. The van der Waals surface area contributed by atoms with Crippen molar-refractivity contribution in [3.63, 3.8) is 0 Å². The van der Waals surface area contributed by atoms with E-state index < -0.39 is 0 Å². The van der Waals surface area contributed by atoms with E-state index in [1.807, 2.05) is 72.6 Å². The lowest BCUT2D eigenvalue weighted by atomic mass is 10.1. The van der Waals surface area contributed by atoms with E-state index in [9.17, 15) is 0 Å². The average Bonchev–Trinajstić information content (AvgIpc) is 2.73. The van der Waals surface area contributed by atoms with Crippen LogP contribution >= 0.6 is 0 Å². The van der Waals surface area contributed by atoms with Gasteiger partial charge in [0.2, 0.25) is 5.62 Å². The van der Waals surface area contributed by atoms with E-state index in [2.05, 4.69) is 9.97 Å². The summed E-state index contributed by atoms with van der Waals surface area (Å²) in [6.45, 7) is 0. The van der Waals surface area contributed by atoms with Crippen LogP contribution in [0, 0.1) is 10.8 Å². The molecule has 0 bridgehead atoms. The maximum atomic E-state index is 8.29. The van der Waals surface area contributed by atoms with Crippen molar-refractivity contribution in [3.05, 3.63) is 78.7 Å². The van der Waals surface area contributed by atoms with Gasteiger partial charge in [0.05, 0.1) is 11.9 Å². The number of aromatic nitrogens is 3. The molecule has 0 fully saturated rings. The Balaban J connectivity index is 1.97. The maximum Gasteiger partial charge on any atom is 0.229 e. The molecule has 2 aromatic heterocycles. The molecule has 132 valence electrons. The average molecular weight is 354 g/mol. The summed E-state index contributed by atoms with van der Waals surface area (Å²) in [6, 6.07) is 19.8. The van der Waals surface area contributed by atoms with Gasteiger partial charge in [-0.05, 0) is 35.9 Å². The lowest BCUT2D eigenvalue weighted by molar-refractivity contribution is 0.915. The van der Waals surface area contributed by atoms with Crippen molar-refractivity contribution in [1.29, 1.82) is 10.8 Å². The Kier molecular flexibility index (Phi) is 4.22. The Morgan fingerprint density at radius 1 is 1.00 bits per heavy atom. The molecule has 0 saturated carbocycles. The molecular weight excluding hydrogens is 336 g/mol. The third kappa shape index (κ3) is 2.97. The Morgan fingerprint density at radius 2 is 1.81 bits per heavy atom. The number of para-hydroxylation sites is 1. The zero-order valence-corrected chi connectivity index (χ0v) is 14.8. The Morgan fingerprint density at radius 3 is 2.52 bits per heavy atom. The molecule has 4 aromatic rings. The zero-order chi connectivity index (χ0) is 18.8. The maximum absolute atomic E-state index is 8.29. The molecule has 6 heteroatoms. The van der Waals surface area contributed by atoms with Gasteiger partial charge in [0.15, 0.2) is 0 Å². The van der Waals surface area contributed by atoms with Crippen molar-refractivity contribution >= 4 is 28.7 Å². The molecule has 4 rings (SSSR count). The Hall–Kier alpha value is -3.80. The van der Waals surface area contributed by atoms with Gasteiger partial charge >= 0.3 is 0 Å². The quantitative estimate of drug-likeness (QED) is 0.432. The normalized spacial score (nSPS) is 10.7. The van der Waals surface area contributed by atoms with Gasteiger partial charge in [0, 0.05) is 36.1 Å². The zero-order valence-electron chi connectivity index (χ0n) is 14.8. The number of nitrogens with zero attached hydrogens (tertiary/aromatic N) is 4. The highest BCUT2D eigenvalue weighted by atomic mass is 15.2. The minimum absolute atomic E-state index is 0.0126. The van der Waals surface area contributed by atoms with Gasteiger partial charge < -0.3 is 4.90 Å². The molecule has 0 aliphatic heterocycles. The second kappa shape index (κ2) is 6.84. The van der Waals surface area contributed by atoms with Crippen LogP contribution in [-0.2, 0) is 0 Å². The second-order valence-electron chi connectivity index (χ2n) is 6.13. The van der Waals surface area contributed by atoms with Crippen LogP contribution in [0.1, 0.15) is 0 Å². The number of hydrogen-bond acceptors (Lipinski definition) is 5. The third-order valence-electron chi connectivity index (χ3n) is 4.52. The standard InChI is InChI=1S/C21H18N6/c1-26(17-7-3-2-4-8-17)20-18-10-9-15(16-6-5-11-24-13-16)12-19(18)27(14-22)21(23)25-20/h2-14,22-23H,1H3. The molecule has 0 saturated heterocycles. The summed E-state index contributed by atoms with van der Waals surface area (Å²) >= 11 is 0. The number of hydrogen-bond donors (Lipinski definition) is 2. The summed E-state index contributed by atoms with van der Waals surface area (Å²) in [5, 5.41) is 16.9. The van der Waals surface area contributed by atoms with Gasteiger partial charge in [-0.1, -0.05) is 30.3 Å². The Bertz CT molecular complexity index is 1170. The molecular formula is C21H18N6. The summed E-state index contributed by atoms with van der Waals surface area (Å²) < 4.78 is 1.47. The second-order valence-corrected chi connectivity index (χ2v) is 6.13. The summed E-state index contributed by atoms with van der Waals surface area (Å²) in [4.78, 5) is 10.6. The Labute approximate surface area is 156 Å². The van der Waals surface area contributed by atoms with Crippen molar-refractivity contribution in [1.82, 2.24) is 14.5 Å². The van der Waals surface area contributed by atoms with Crippen molar-refractivity contribution in [2.24, 2.45) is 0 Å². The van der Waals surface area contributed by atoms with Gasteiger partial charge in [-0.15, -0.1) is 0 Å². The molecule has 0 amide bonds. The molecule has 0 spiro atoms. The van der Waals surface area contributed by atoms with Crippen LogP contribution in [0.25, 0.3) is 22.0 Å². The first-order valence-corrected chi connectivity index (χ1v) is 8.49. The van der Waals surface area contributed by atoms with E-state index in [1.54, 1.807) is 12.4 Å². The molecule has 0 aliphatic carbocycles. The van der Waals surface area contributed by atoms with Crippen LogP contribution < -0.4 is 10.5 Å². The highest BCUT2D eigenvalue weighted by molar-refractivity contribution is 5.96. The molecule has 27 heavy (non-hydrogen) atoms. The third-order valence-corrected chi connectivity index (χ3v) is 4.52. The number of nitrogens with one attached hydrogen (secondary N) is 2. The van der Waals surface area contributed by atoms with Crippen molar-refractivity contribution in [3.8, 4) is 11.1 Å². The lowest BCUT2D eigenvalue weighted by Gasteiger charge is -2.21. The largest absolute Gasteiger partial charge is 0.329 e. The van der Waals surface area contributed by atoms with E-state index in [1.165, 1.54) is 4.57 Å². The fraction of sp³-hybridized carbons (Fsp3) is 0.0476. The van der Waals surface area contributed by atoms with Gasteiger partial charge in [-0.3, -0.25) is 20.4 Å². The van der Waals surface area contributed by atoms with Crippen LogP contribution in [0.5, 0.6) is 0 Å². The fourth-order valence-electron chi connectivity index (χ4n) is 3.12. The molecule has 2 heterocycles. The van der Waals surface area contributed by atoms with E-state index in [4.69, 9.17) is 10.8 Å². The van der Waals surface area contributed by atoms with Gasteiger partial charge in [-0.2, -0.15) is 4.98 Å². The topological polar surface area (TPSA) is 81.7 Å². The molecule has 2 aromatic carbocycles. The highest BCUT2D eigenvalue weighted by Gasteiger charge is 2.14. The van der Waals surface area contributed by atoms with Crippen LogP contribution in [0.4, 0.5) is 11.5 Å². The van der Waals surface area contributed by atoms with E-state index in [0.717, 1.165) is 34.1 Å². The van der Waals surface area contributed by atoms with Gasteiger partial charge in [-0.25, -0.2) is 0 Å². The number of fused-ring (bicyclic) bond motifs is 1. The van der Waals surface area contributed by atoms with Crippen LogP contribution in [0.2, 0.25) is 0 Å². The van der Waals surface area contributed by atoms with Crippen molar-refractivity contribution in [2.45, 2.75) is 0 Å². The monoisotopic (exact) mass is 354 g/mol. The van der Waals surface area contributed by atoms with E-state index in [-0.39, 0.29) is 5.62 Å². The number of benzene rings is 2. The lowest BCUT2D eigenvalue weighted by Crippen LogP contribution is -2.26. The summed E-state index contributed by atoms with van der Waals surface area (Å²) in [5.41, 5.74) is 3.71. The summed E-state index contributed by atoms with van der Waals surface area (Å²) in [7, 11) is 1.93. The number of pyridine rings is 1. The minimum Gasteiger partial charge on any atom is -0.329 e. The first-order chi connectivity index (χ1) is 13.2. The number of rotatable bonds is 4. The van der Waals surface area contributed by atoms with E-state index >= 15 is 0 Å². The smallest absolute Gasteiger partial charge is 0.229 e. The highest BCUT2D eigenvalue weighted by Crippen LogP contribution is 2.30. The predicted octanol–water partition coefficient (Wildman–Crippen LogP) is 3.80. The molecule has 6 nitrogen and oxygen atoms in total. The van der Waals surface area contributed by atoms with Gasteiger partial charge in [0.25, 0.3) is 0 Å². The molecule has 0 radical (unpaired) electrons. The molecule has 2 N–H and O–H groups in total. The van der Waals surface area contributed by atoms with E-state index in [0.29, 0.717) is 5.82 Å². The fourth-order valence-corrected chi connectivity index (χ4v) is 3.12. The summed E-state index contributed by atoms with van der Waals surface area (Å²) in [6.07, 6.45) is 4.66. The van der Waals surface area contributed by atoms with Crippen LogP contribution in [0.3, 0.4) is 0 Å². The van der Waals surface area contributed by atoms with Gasteiger partial charge in [0.1, 0.15) is 5.82 Å². The van der Waals surface area contributed by atoms with Crippen LogP contribution in [-0.4, -0.2) is 27.9 Å². The van der Waals surface area contributed by atoms with Crippen LogP contribution in [0.15, 0.2) is 73.1 Å². The SMILES string of the molecule is CN(c1ccccc1)c1nc(=N)n(C=N)c2cc(-c3cccnc3)ccc12. The molecule has 0 aliphatic rings.